The first kappa shape index (κ1) is 22.5. The molecule has 0 spiro atoms. The van der Waals surface area contributed by atoms with E-state index >= 15 is 0 Å². The van der Waals surface area contributed by atoms with E-state index in [9.17, 15) is 20.1 Å². The first-order valence-electron chi connectivity index (χ1n) is 12.2. The summed E-state index contributed by atoms with van der Waals surface area (Å²) in [7, 11) is 1.44. The van der Waals surface area contributed by atoms with E-state index in [4.69, 9.17) is 4.74 Å². The van der Waals surface area contributed by atoms with Gasteiger partial charge in [0.15, 0.2) is 0 Å². The SMILES string of the molecule is COC(=O)CC[C@H](C)[C@@H]1CC[C@@H]2[C@H]3[C@H](O)C[C@H]4C[C@H](O)CC[C@@]4(C)[C@H]3C[C@H](O)[C@@]21C. The number of rotatable bonds is 4. The predicted molar refractivity (Wildman–Crippen MR) is 114 cm³/mol. The van der Waals surface area contributed by atoms with Crippen LogP contribution in [0.15, 0.2) is 0 Å². The monoisotopic (exact) mass is 422 g/mol. The molecule has 4 rings (SSSR count). The molecule has 0 aromatic carbocycles. The fraction of sp³-hybridized carbons (Fsp3) is 0.960. The van der Waals surface area contributed by atoms with E-state index in [1.807, 2.05) is 0 Å². The van der Waals surface area contributed by atoms with Crippen molar-refractivity contribution in [2.75, 3.05) is 7.11 Å². The largest absolute Gasteiger partial charge is 0.469 e. The van der Waals surface area contributed by atoms with Gasteiger partial charge in [-0.3, -0.25) is 4.79 Å². The summed E-state index contributed by atoms with van der Waals surface area (Å²) < 4.78 is 4.83. The zero-order valence-electron chi connectivity index (χ0n) is 19.2. The highest BCUT2D eigenvalue weighted by Crippen LogP contribution is 2.68. The van der Waals surface area contributed by atoms with E-state index < -0.39 is 0 Å². The van der Waals surface area contributed by atoms with E-state index in [1.54, 1.807) is 0 Å². The minimum atomic E-state index is -0.369. The van der Waals surface area contributed by atoms with Crippen LogP contribution in [0.2, 0.25) is 0 Å². The molecule has 4 fully saturated rings. The number of aliphatic hydroxyl groups excluding tert-OH is 3. The first-order chi connectivity index (χ1) is 14.1. The second-order valence-electron chi connectivity index (χ2n) is 11.6. The van der Waals surface area contributed by atoms with Crippen molar-refractivity contribution in [1.82, 2.24) is 0 Å². The Bertz CT molecular complexity index is 651. The van der Waals surface area contributed by atoms with Crippen molar-refractivity contribution < 1.29 is 24.9 Å². The van der Waals surface area contributed by atoms with Crippen molar-refractivity contribution in [3.63, 3.8) is 0 Å². The Labute approximate surface area is 181 Å². The molecule has 0 aromatic rings. The summed E-state index contributed by atoms with van der Waals surface area (Å²) in [6, 6.07) is 0. The molecular formula is C25H42O5. The van der Waals surface area contributed by atoms with E-state index in [-0.39, 0.29) is 41.0 Å². The normalized spacial score (nSPS) is 51.4. The van der Waals surface area contributed by atoms with Crippen LogP contribution in [0.25, 0.3) is 0 Å². The van der Waals surface area contributed by atoms with Gasteiger partial charge in [0.05, 0.1) is 25.4 Å². The van der Waals surface area contributed by atoms with Gasteiger partial charge in [-0.25, -0.2) is 0 Å². The molecule has 11 atom stereocenters. The second kappa shape index (κ2) is 8.04. The maximum atomic E-state index is 11.7. The molecule has 0 heterocycles. The molecule has 4 aliphatic carbocycles. The molecule has 30 heavy (non-hydrogen) atoms. The molecule has 3 N–H and O–H groups in total. The molecular weight excluding hydrogens is 380 g/mol. The van der Waals surface area contributed by atoms with Crippen LogP contribution in [0.5, 0.6) is 0 Å². The van der Waals surface area contributed by atoms with Crippen molar-refractivity contribution in [2.24, 2.45) is 46.3 Å². The van der Waals surface area contributed by atoms with Crippen LogP contribution in [-0.4, -0.2) is 46.7 Å². The Morgan fingerprint density at radius 1 is 1.07 bits per heavy atom. The summed E-state index contributed by atoms with van der Waals surface area (Å²) in [6.07, 6.45) is 6.60. The predicted octanol–water partition coefficient (Wildman–Crippen LogP) is 3.54. The van der Waals surface area contributed by atoms with Gasteiger partial charge in [-0.05, 0) is 97.7 Å². The van der Waals surface area contributed by atoms with Crippen LogP contribution in [0, 0.1) is 46.3 Å². The Hall–Kier alpha value is -0.650. The van der Waals surface area contributed by atoms with Crippen LogP contribution in [-0.2, 0) is 9.53 Å². The summed E-state index contributed by atoms with van der Waals surface area (Å²) in [5.41, 5.74) is -0.0882. The number of carbonyl (C=O) groups is 1. The Kier molecular flexibility index (Phi) is 6.04. The summed E-state index contributed by atoms with van der Waals surface area (Å²) in [5.74, 6) is 1.81. The third-order valence-corrected chi connectivity index (χ3v) is 10.6. The molecule has 5 nitrogen and oxygen atoms in total. The third kappa shape index (κ3) is 3.34. The number of esters is 1. The van der Waals surface area contributed by atoms with Crippen LogP contribution in [0.4, 0.5) is 0 Å². The molecule has 0 aliphatic heterocycles. The molecule has 4 aliphatic rings. The van der Waals surface area contributed by atoms with Gasteiger partial charge in [-0.15, -0.1) is 0 Å². The lowest BCUT2D eigenvalue weighted by Crippen LogP contribution is -2.62. The second-order valence-corrected chi connectivity index (χ2v) is 11.6. The lowest BCUT2D eigenvalue weighted by atomic mass is 9.43. The molecule has 0 amide bonds. The zero-order valence-corrected chi connectivity index (χ0v) is 19.2. The van der Waals surface area contributed by atoms with E-state index in [2.05, 4.69) is 20.8 Å². The van der Waals surface area contributed by atoms with Crippen LogP contribution >= 0.6 is 0 Å². The number of fused-ring (bicyclic) bond motifs is 5. The average molecular weight is 423 g/mol. The summed E-state index contributed by atoms with van der Waals surface area (Å²) in [5, 5.41) is 33.1. The summed E-state index contributed by atoms with van der Waals surface area (Å²) >= 11 is 0. The highest BCUT2D eigenvalue weighted by atomic mass is 16.5. The van der Waals surface area contributed by atoms with Crippen molar-refractivity contribution in [3.8, 4) is 0 Å². The van der Waals surface area contributed by atoms with Gasteiger partial charge < -0.3 is 20.1 Å². The average Bonchev–Trinajstić information content (AvgIpc) is 3.06. The summed E-state index contributed by atoms with van der Waals surface area (Å²) in [4.78, 5) is 11.7. The molecule has 0 unspecified atom stereocenters. The van der Waals surface area contributed by atoms with Crippen LogP contribution in [0.3, 0.4) is 0 Å². The molecule has 0 aromatic heterocycles. The van der Waals surface area contributed by atoms with Gasteiger partial charge in [-0.1, -0.05) is 20.8 Å². The van der Waals surface area contributed by atoms with Crippen LogP contribution in [0.1, 0.15) is 78.6 Å². The smallest absolute Gasteiger partial charge is 0.305 e. The maximum Gasteiger partial charge on any atom is 0.305 e. The number of carbonyl (C=O) groups excluding carboxylic acids is 1. The Morgan fingerprint density at radius 2 is 1.80 bits per heavy atom. The minimum Gasteiger partial charge on any atom is -0.469 e. The van der Waals surface area contributed by atoms with E-state index in [0.29, 0.717) is 36.0 Å². The number of ether oxygens (including phenoxy) is 1. The molecule has 5 heteroatoms. The lowest BCUT2D eigenvalue weighted by molar-refractivity contribution is -0.207. The van der Waals surface area contributed by atoms with Crippen LogP contribution < -0.4 is 0 Å². The van der Waals surface area contributed by atoms with Crippen molar-refractivity contribution in [3.05, 3.63) is 0 Å². The topological polar surface area (TPSA) is 87.0 Å². The molecule has 0 saturated heterocycles. The highest BCUT2D eigenvalue weighted by molar-refractivity contribution is 5.69. The van der Waals surface area contributed by atoms with E-state index in [0.717, 1.165) is 51.4 Å². The minimum absolute atomic E-state index is 0.111. The Balaban J connectivity index is 1.58. The van der Waals surface area contributed by atoms with E-state index in [1.165, 1.54) is 7.11 Å². The molecule has 4 saturated carbocycles. The number of hydrogen-bond donors (Lipinski definition) is 3. The maximum absolute atomic E-state index is 11.7. The third-order valence-electron chi connectivity index (χ3n) is 10.6. The summed E-state index contributed by atoms with van der Waals surface area (Å²) in [6.45, 7) is 6.85. The van der Waals surface area contributed by atoms with Crippen molar-refractivity contribution >= 4 is 5.97 Å². The Morgan fingerprint density at radius 3 is 2.50 bits per heavy atom. The molecule has 172 valence electrons. The van der Waals surface area contributed by atoms with Crippen molar-refractivity contribution in [2.45, 2.75) is 96.9 Å². The number of hydrogen-bond acceptors (Lipinski definition) is 5. The van der Waals surface area contributed by atoms with Crippen molar-refractivity contribution in [1.29, 1.82) is 0 Å². The number of aliphatic hydroxyl groups is 3. The standard InChI is InChI=1S/C25H42O5/c1-14(5-8-22(29)30-4)17-6-7-18-23-19(13-21(28)25(17,18)3)24(2)10-9-16(26)11-15(24)12-20(23)27/h14-21,23,26-28H,5-13H2,1-4H3/t14-,15+,16+,17-,18+,19-,20+,21-,23+,24+,25+/m0/s1. The highest BCUT2D eigenvalue weighted by Gasteiger charge is 2.65. The van der Waals surface area contributed by atoms with Gasteiger partial charge in [0.1, 0.15) is 0 Å². The first-order valence-corrected chi connectivity index (χ1v) is 12.2. The van der Waals surface area contributed by atoms with Gasteiger partial charge >= 0.3 is 5.97 Å². The quantitative estimate of drug-likeness (QED) is 0.603. The van der Waals surface area contributed by atoms with Gasteiger partial charge in [-0.2, -0.15) is 0 Å². The van der Waals surface area contributed by atoms with Gasteiger partial charge in [0, 0.05) is 6.42 Å². The fourth-order valence-corrected chi connectivity index (χ4v) is 8.78. The fourth-order valence-electron chi connectivity index (χ4n) is 8.78. The lowest BCUT2D eigenvalue weighted by Gasteiger charge is -2.63. The van der Waals surface area contributed by atoms with Gasteiger partial charge in [0.2, 0.25) is 0 Å². The van der Waals surface area contributed by atoms with Gasteiger partial charge in [0.25, 0.3) is 0 Å². The molecule has 0 radical (unpaired) electrons. The number of methoxy groups -OCH3 is 1. The zero-order chi connectivity index (χ0) is 21.8. The molecule has 0 bridgehead atoms.